The lowest BCUT2D eigenvalue weighted by Crippen LogP contribution is -2.38. The van der Waals surface area contributed by atoms with Crippen LogP contribution in [-0.4, -0.2) is 18.8 Å². The van der Waals surface area contributed by atoms with Gasteiger partial charge in [0.1, 0.15) is 6.17 Å². The van der Waals surface area contributed by atoms with Crippen LogP contribution in [-0.2, 0) is 0 Å². The fourth-order valence-electron chi connectivity index (χ4n) is 2.94. The van der Waals surface area contributed by atoms with Gasteiger partial charge in [-0.1, -0.05) is 6.92 Å². The Kier molecular flexibility index (Phi) is 2.87. The van der Waals surface area contributed by atoms with Crippen LogP contribution >= 0.6 is 0 Å². The number of alkyl halides is 1. The lowest BCUT2D eigenvalue weighted by Gasteiger charge is -2.35. The van der Waals surface area contributed by atoms with Gasteiger partial charge in [-0.15, -0.1) is 0 Å². The average Bonchev–Trinajstić information content (AvgIpc) is 2.61. The highest BCUT2D eigenvalue weighted by atomic mass is 19.1. The topological polar surface area (TPSA) is 12.0 Å². The summed E-state index contributed by atoms with van der Waals surface area (Å²) in [7, 11) is 0. The molecule has 0 amide bonds. The summed E-state index contributed by atoms with van der Waals surface area (Å²) in [6, 6.07) is 0.619. The van der Waals surface area contributed by atoms with Crippen molar-refractivity contribution in [2.45, 2.75) is 51.2 Å². The minimum Gasteiger partial charge on any atom is -0.314 e. The molecule has 2 fully saturated rings. The Hall–Kier alpha value is -0.110. The molecular weight excluding hydrogens is 165 g/mol. The number of hydrogen-bond donors (Lipinski definition) is 1. The molecule has 1 heterocycles. The molecule has 0 radical (unpaired) electrons. The predicted molar refractivity (Wildman–Crippen MR) is 52.4 cm³/mol. The first-order chi connectivity index (χ1) is 6.27. The SMILES string of the molecule is CC1CCC(F)CC1[C@H]1CCCN1. The second kappa shape index (κ2) is 3.95. The lowest BCUT2D eigenvalue weighted by molar-refractivity contribution is 0.124. The summed E-state index contributed by atoms with van der Waals surface area (Å²) in [5.41, 5.74) is 0. The van der Waals surface area contributed by atoms with Crippen molar-refractivity contribution in [2.75, 3.05) is 6.54 Å². The van der Waals surface area contributed by atoms with Gasteiger partial charge in [-0.25, -0.2) is 4.39 Å². The van der Waals surface area contributed by atoms with Gasteiger partial charge < -0.3 is 5.32 Å². The molecular formula is C11H20FN. The number of nitrogens with one attached hydrogen (secondary N) is 1. The number of rotatable bonds is 1. The van der Waals surface area contributed by atoms with E-state index in [0.29, 0.717) is 12.0 Å². The average molecular weight is 185 g/mol. The molecule has 0 aromatic rings. The van der Waals surface area contributed by atoms with Crippen molar-refractivity contribution in [2.24, 2.45) is 11.8 Å². The molecule has 13 heavy (non-hydrogen) atoms. The zero-order valence-corrected chi connectivity index (χ0v) is 8.43. The molecule has 0 aromatic carbocycles. The summed E-state index contributed by atoms with van der Waals surface area (Å²) in [4.78, 5) is 0. The molecule has 2 rings (SSSR count). The highest BCUT2D eigenvalue weighted by Crippen LogP contribution is 2.35. The van der Waals surface area contributed by atoms with E-state index in [0.717, 1.165) is 31.7 Å². The summed E-state index contributed by atoms with van der Waals surface area (Å²) in [6.07, 6.45) is 4.71. The molecule has 3 unspecified atom stereocenters. The third-order valence-electron chi connectivity index (χ3n) is 3.81. The van der Waals surface area contributed by atoms with E-state index in [1.54, 1.807) is 0 Å². The Morgan fingerprint density at radius 3 is 2.77 bits per heavy atom. The Bertz CT molecular complexity index is 165. The monoisotopic (exact) mass is 185 g/mol. The van der Waals surface area contributed by atoms with E-state index >= 15 is 0 Å². The summed E-state index contributed by atoms with van der Waals surface area (Å²) in [5.74, 6) is 1.33. The normalized spacial score (nSPS) is 46.6. The second-order valence-electron chi connectivity index (χ2n) is 4.75. The lowest BCUT2D eigenvalue weighted by atomic mass is 9.75. The van der Waals surface area contributed by atoms with Crippen molar-refractivity contribution in [3.63, 3.8) is 0 Å². The van der Waals surface area contributed by atoms with E-state index < -0.39 is 6.17 Å². The van der Waals surface area contributed by atoms with E-state index in [4.69, 9.17) is 0 Å². The number of halogens is 1. The third-order valence-corrected chi connectivity index (χ3v) is 3.81. The summed E-state index contributed by atoms with van der Waals surface area (Å²) < 4.78 is 13.2. The molecule has 1 nitrogen and oxygen atoms in total. The maximum absolute atomic E-state index is 13.2. The van der Waals surface area contributed by atoms with Crippen molar-refractivity contribution >= 4 is 0 Å². The predicted octanol–water partition coefficient (Wildman–Crippen LogP) is 2.51. The minimum atomic E-state index is -0.524. The highest BCUT2D eigenvalue weighted by molar-refractivity contribution is 4.88. The fraction of sp³-hybridized carbons (Fsp3) is 1.00. The zero-order valence-electron chi connectivity index (χ0n) is 8.43. The second-order valence-corrected chi connectivity index (χ2v) is 4.75. The molecule has 0 bridgehead atoms. The van der Waals surface area contributed by atoms with Gasteiger partial charge in [-0.05, 0) is 50.5 Å². The van der Waals surface area contributed by atoms with Crippen molar-refractivity contribution in [3.05, 3.63) is 0 Å². The maximum atomic E-state index is 13.2. The van der Waals surface area contributed by atoms with Crippen LogP contribution in [0.25, 0.3) is 0 Å². The van der Waals surface area contributed by atoms with E-state index in [-0.39, 0.29) is 0 Å². The zero-order chi connectivity index (χ0) is 9.26. The molecule has 2 aliphatic rings. The summed E-state index contributed by atoms with van der Waals surface area (Å²) in [6.45, 7) is 3.43. The van der Waals surface area contributed by atoms with Crippen molar-refractivity contribution in [3.8, 4) is 0 Å². The van der Waals surface area contributed by atoms with E-state index in [2.05, 4.69) is 12.2 Å². The van der Waals surface area contributed by atoms with Crippen molar-refractivity contribution < 1.29 is 4.39 Å². The maximum Gasteiger partial charge on any atom is 0.100 e. The summed E-state index contributed by atoms with van der Waals surface area (Å²) in [5, 5.41) is 3.51. The van der Waals surface area contributed by atoms with Gasteiger partial charge in [-0.2, -0.15) is 0 Å². The van der Waals surface area contributed by atoms with Crippen LogP contribution in [0.1, 0.15) is 39.0 Å². The van der Waals surface area contributed by atoms with Gasteiger partial charge in [0.2, 0.25) is 0 Å². The van der Waals surface area contributed by atoms with Crippen LogP contribution in [0, 0.1) is 11.8 Å². The van der Waals surface area contributed by atoms with Crippen LogP contribution in [0.3, 0.4) is 0 Å². The smallest absolute Gasteiger partial charge is 0.100 e. The summed E-state index contributed by atoms with van der Waals surface area (Å²) >= 11 is 0. The third kappa shape index (κ3) is 2.04. The largest absolute Gasteiger partial charge is 0.314 e. The standard InChI is InChI=1S/C11H20FN/c1-8-4-5-9(12)7-10(8)11-3-2-6-13-11/h8-11,13H,2-7H2,1H3/t8?,9?,10?,11-/m1/s1. The Morgan fingerprint density at radius 1 is 1.23 bits per heavy atom. The molecule has 1 N–H and O–H groups in total. The van der Waals surface area contributed by atoms with E-state index in [1.807, 2.05) is 0 Å². The highest BCUT2D eigenvalue weighted by Gasteiger charge is 2.34. The van der Waals surface area contributed by atoms with Crippen LogP contribution in [0.4, 0.5) is 4.39 Å². The molecule has 0 aromatic heterocycles. The molecule has 2 heteroatoms. The Labute approximate surface area is 80.1 Å². The van der Waals surface area contributed by atoms with E-state index in [1.165, 1.54) is 12.8 Å². The first-order valence-corrected chi connectivity index (χ1v) is 5.65. The molecule has 1 saturated carbocycles. The Balaban J connectivity index is 1.94. The van der Waals surface area contributed by atoms with Gasteiger partial charge in [0.15, 0.2) is 0 Å². The Morgan fingerprint density at radius 2 is 2.08 bits per heavy atom. The van der Waals surface area contributed by atoms with Crippen LogP contribution in [0.5, 0.6) is 0 Å². The molecule has 0 spiro atoms. The van der Waals surface area contributed by atoms with Crippen molar-refractivity contribution in [1.29, 1.82) is 0 Å². The fourth-order valence-corrected chi connectivity index (χ4v) is 2.94. The molecule has 1 aliphatic heterocycles. The first-order valence-electron chi connectivity index (χ1n) is 5.65. The van der Waals surface area contributed by atoms with Crippen LogP contribution < -0.4 is 5.32 Å². The van der Waals surface area contributed by atoms with Gasteiger partial charge >= 0.3 is 0 Å². The van der Waals surface area contributed by atoms with E-state index in [9.17, 15) is 4.39 Å². The molecule has 1 saturated heterocycles. The minimum absolute atomic E-state index is 0.524. The van der Waals surface area contributed by atoms with Gasteiger partial charge in [0, 0.05) is 6.04 Å². The number of hydrogen-bond acceptors (Lipinski definition) is 1. The first kappa shape index (κ1) is 9.45. The molecule has 4 atom stereocenters. The van der Waals surface area contributed by atoms with Gasteiger partial charge in [-0.3, -0.25) is 0 Å². The van der Waals surface area contributed by atoms with Gasteiger partial charge in [0.25, 0.3) is 0 Å². The van der Waals surface area contributed by atoms with Crippen LogP contribution in [0.15, 0.2) is 0 Å². The quantitative estimate of drug-likeness (QED) is 0.662. The van der Waals surface area contributed by atoms with Gasteiger partial charge in [0.05, 0.1) is 0 Å². The van der Waals surface area contributed by atoms with Crippen molar-refractivity contribution in [1.82, 2.24) is 5.32 Å². The molecule has 76 valence electrons. The van der Waals surface area contributed by atoms with Crippen LogP contribution in [0.2, 0.25) is 0 Å². The molecule has 1 aliphatic carbocycles.